The molecule has 0 radical (unpaired) electrons. The first-order valence-electron chi connectivity index (χ1n) is 6.81. The number of pyridine rings is 2. The fourth-order valence-electron chi connectivity index (χ4n) is 2.18. The summed E-state index contributed by atoms with van der Waals surface area (Å²) in [4.78, 5) is 8.06. The molecular formula is C18H14N2NiO2. The number of rotatable bonds is 0. The number of benzene rings is 2. The number of nitrogens with zero attached hydrogens (tertiary/aromatic N) is 2. The zero-order valence-corrected chi connectivity index (χ0v) is 13.0. The molecule has 0 spiro atoms. The van der Waals surface area contributed by atoms with Crippen molar-refractivity contribution in [1.82, 2.24) is 9.97 Å². The standard InChI is InChI=1S/2C9H7NO.Ni/c2*11-8-5-1-3-7-4-2-6-10-9(7)8;/h2*1-6,11H;. The number of phenolic OH excluding ortho intramolecular Hbond substituents is 2. The van der Waals surface area contributed by atoms with Gasteiger partial charge in [-0.15, -0.1) is 0 Å². The molecule has 2 aromatic carbocycles. The summed E-state index contributed by atoms with van der Waals surface area (Å²) >= 11 is 0. The van der Waals surface area contributed by atoms with Crippen LogP contribution >= 0.6 is 0 Å². The number of para-hydroxylation sites is 2. The molecule has 118 valence electrons. The summed E-state index contributed by atoms with van der Waals surface area (Å²) in [5, 5.41) is 20.5. The third-order valence-corrected chi connectivity index (χ3v) is 3.22. The molecule has 2 N–H and O–H groups in total. The molecule has 0 atom stereocenters. The Morgan fingerprint density at radius 1 is 0.565 bits per heavy atom. The van der Waals surface area contributed by atoms with Crippen molar-refractivity contribution in [3.8, 4) is 11.5 Å². The van der Waals surface area contributed by atoms with Gasteiger partial charge in [0.2, 0.25) is 0 Å². The van der Waals surface area contributed by atoms with E-state index in [9.17, 15) is 10.2 Å². The van der Waals surface area contributed by atoms with Crippen LogP contribution in [0.4, 0.5) is 0 Å². The molecule has 0 bridgehead atoms. The number of aromatic hydroxyl groups is 2. The Morgan fingerprint density at radius 3 is 1.35 bits per heavy atom. The molecule has 0 aliphatic heterocycles. The van der Waals surface area contributed by atoms with Crippen LogP contribution in [0, 0.1) is 0 Å². The van der Waals surface area contributed by atoms with Gasteiger partial charge >= 0.3 is 0 Å². The fourth-order valence-corrected chi connectivity index (χ4v) is 2.18. The minimum absolute atomic E-state index is 0. The zero-order chi connectivity index (χ0) is 15.4. The van der Waals surface area contributed by atoms with Crippen LogP contribution in [0.3, 0.4) is 0 Å². The van der Waals surface area contributed by atoms with E-state index in [1.165, 1.54) is 0 Å². The zero-order valence-electron chi connectivity index (χ0n) is 12.0. The van der Waals surface area contributed by atoms with E-state index >= 15 is 0 Å². The maximum atomic E-state index is 9.31. The predicted octanol–water partition coefficient (Wildman–Crippen LogP) is 3.88. The van der Waals surface area contributed by atoms with E-state index in [0.717, 1.165) is 10.8 Å². The Balaban J connectivity index is 0.000000160. The molecule has 0 unspecified atom stereocenters. The molecule has 2 heterocycles. The van der Waals surface area contributed by atoms with Gasteiger partial charge in [0, 0.05) is 39.7 Å². The van der Waals surface area contributed by atoms with Crippen LogP contribution in [0.2, 0.25) is 0 Å². The van der Waals surface area contributed by atoms with Crippen LogP contribution in [-0.2, 0) is 16.5 Å². The van der Waals surface area contributed by atoms with Gasteiger partial charge < -0.3 is 10.2 Å². The van der Waals surface area contributed by atoms with Crippen molar-refractivity contribution in [2.45, 2.75) is 0 Å². The van der Waals surface area contributed by atoms with E-state index in [1.54, 1.807) is 36.7 Å². The van der Waals surface area contributed by atoms with Crippen molar-refractivity contribution in [2.75, 3.05) is 0 Å². The number of hydrogen-bond acceptors (Lipinski definition) is 4. The van der Waals surface area contributed by atoms with Crippen molar-refractivity contribution in [2.24, 2.45) is 0 Å². The number of fused-ring (bicyclic) bond motifs is 2. The first-order chi connectivity index (χ1) is 10.8. The molecule has 4 rings (SSSR count). The second-order valence-electron chi connectivity index (χ2n) is 4.70. The Hall–Kier alpha value is -2.65. The molecule has 2 aromatic heterocycles. The van der Waals surface area contributed by atoms with E-state index in [4.69, 9.17) is 0 Å². The Labute approximate surface area is 143 Å². The van der Waals surface area contributed by atoms with Crippen LogP contribution in [0.1, 0.15) is 0 Å². The summed E-state index contributed by atoms with van der Waals surface area (Å²) in [5.74, 6) is 0.478. The third kappa shape index (κ3) is 3.76. The van der Waals surface area contributed by atoms with Crippen molar-refractivity contribution in [3.05, 3.63) is 73.1 Å². The second-order valence-corrected chi connectivity index (χ2v) is 4.70. The fraction of sp³-hybridized carbons (Fsp3) is 0. The van der Waals surface area contributed by atoms with E-state index in [0.29, 0.717) is 11.0 Å². The van der Waals surface area contributed by atoms with E-state index in [-0.39, 0.29) is 28.0 Å². The first-order valence-corrected chi connectivity index (χ1v) is 6.81. The monoisotopic (exact) mass is 348 g/mol. The number of phenols is 2. The molecule has 0 aliphatic rings. The van der Waals surface area contributed by atoms with Crippen LogP contribution in [0.15, 0.2) is 73.1 Å². The van der Waals surface area contributed by atoms with Crippen molar-refractivity contribution < 1.29 is 26.7 Å². The quantitative estimate of drug-likeness (QED) is 0.473. The molecular weight excluding hydrogens is 335 g/mol. The molecule has 23 heavy (non-hydrogen) atoms. The van der Waals surface area contributed by atoms with Crippen LogP contribution < -0.4 is 0 Å². The van der Waals surface area contributed by atoms with Crippen LogP contribution in [0.25, 0.3) is 21.8 Å². The summed E-state index contributed by atoms with van der Waals surface area (Å²) in [5.41, 5.74) is 1.32. The predicted molar refractivity (Wildman–Crippen MR) is 86.8 cm³/mol. The molecule has 0 saturated carbocycles. The van der Waals surface area contributed by atoms with Gasteiger partial charge in [-0.2, -0.15) is 0 Å². The van der Waals surface area contributed by atoms with Gasteiger partial charge in [0.1, 0.15) is 22.5 Å². The first kappa shape index (κ1) is 16.7. The van der Waals surface area contributed by atoms with Crippen LogP contribution in [0.5, 0.6) is 11.5 Å². The van der Waals surface area contributed by atoms with E-state index < -0.39 is 0 Å². The SMILES string of the molecule is Oc1cccc2cccnc12.Oc1cccc2cccnc12.[Ni]. The van der Waals surface area contributed by atoms with Crippen molar-refractivity contribution in [3.63, 3.8) is 0 Å². The second kappa shape index (κ2) is 7.57. The summed E-state index contributed by atoms with van der Waals surface area (Å²) in [6, 6.07) is 18.3. The molecule has 0 fully saturated rings. The normalized spacial score (nSPS) is 9.74. The van der Waals surface area contributed by atoms with Gasteiger partial charge in [-0.05, 0) is 24.3 Å². The van der Waals surface area contributed by atoms with Gasteiger partial charge in [0.25, 0.3) is 0 Å². The largest absolute Gasteiger partial charge is 0.506 e. The molecule has 4 aromatic rings. The summed E-state index contributed by atoms with van der Waals surface area (Å²) < 4.78 is 0. The average molecular weight is 349 g/mol. The Kier molecular flexibility index (Phi) is 5.50. The van der Waals surface area contributed by atoms with Gasteiger partial charge in [0.15, 0.2) is 0 Å². The van der Waals surface area contributed by atoms with Gasteiger partial charge in [-0.1, -0.05) is 36.4 Å². The topological polar surface area (TPSA) is 66.2 Å². The van der Waals surface area contributed by atoms with E-state index in [2.05, 4.69) is 9.97 Å². The summed E-state index contributed by atoms with van der Waals surface area (Å²) in [7, 11) is 0. The smallest absolute Gasteiger partial charge is 0.141 e. The minimum atomic E-state index is 0. The molecule has 4 nitrogen and oxygen atoms in total. The number of aromatic nitrogens is 2. The molecule has 0 saturated heterocycles. The van der Waals surface area contributed by atoms with Gasteiger partial charge in [-0.25, -0.2) is 0 Å². The maximum Gasteiger partial charge on any atom is 0.141 e. The van der Waals surface area contributed by atoms with E-state index in [1.807, 2.05) is 36.4 Å². The third-order valence-electron chi connectivity index (χ3n) is 3.22. The number of hydrogen-bond donors (Lipinski definition) is 2. The van der Waals surface area contributed by atoms with Crippen LogP contribution in [-0.4, -0.2) is 20.2 Å². The Bertz CT molecular complexity index is 841. The van der Waals surface area contributed by atoms with Gasteiger partial charge in [0.05, 0.1) is 0 Å². The van der Waals surface area contributed by atoms with Crippen molar-refractivity contribution >= 4 is 21.8 Å². The average Bonchev–Trinajstić information content (AvgIpc) is 2.57. The molecule has 0 amide bonds. The summed E-state index contributed by atoms with van der Waals surface area (Å²) in [6.07, 6.45) is 3.34. The maximum absolute atomic E-state index is 9.31. The molecule has 0 aliphatic carbocycles. The molecule has 5 heteroatoms. The summed E-state index contributed by atoms with van der Waals surface area (Å²) in [6.45, 7) is 0. The van der Waals surface area contributed by atoms with Crippen molar-refractivity contribution in [1.29, 1.82) is 0 Å². The van der Waals surface area contributed by atoms with Gasteiger partial charge in [-0.3, -0.25) is 9.97 Å². The Morgan fingerprint density at radius 2 is 0.957 bits per heavy atom. The minimum Gasteiger partial charge on any atom is -0.506 e.